The van der Waals surface area contributed by atoms with Crippen LogP contribution in [0.5, 0.6) is 0 Å². The number of carbonyl (C=O) groups is 1. The first-order valence-corrected chi connectivity index (χ1v) is 13.2. The van der Waals surface area contributed by atoms with Gasteiger partial charge in [0.05, 0.1) is 16.6 Å². The van der Waals surface area contributed by atoms with E-state index in [9.17, 15) is 18.3 Å². The summed E-state index contributed by atoms with van der Waals surface area (Å²) in [6, 6.07) is 8.42. The van der Waals surface area contributed by atoms with Crippen LogP contribution >= 0.6 is 0 Å². The number of aromatic nitrogens is 5. The molecule has 3 aromatic heterocycles. The van der Waals surface area contributed by atoms with Gasteiger partial charge in [-0.3, -0.25) is 4.40 Å². The van der Waals surface area contributed by atoms with E-state index in [1.807, 2.05) is 18.2 Å². The highest BCUT2D eigenvalue weighted by molar-refractivity contribution is 7.90. The van der Waals surface area contributed by atoms with Crippen LogP contribution in [0.2, 0.25) is 0 Å². The summed E-state index contributed by atoms with van der Waals surface area (Å²) in [4.78, 5) is 16.4. The summed E-state index contributed by atoms with van der Waals surface area (Å²) in [7, 11) is -3.84. The summed E-state index contributed by atoms with van der Waals surface area (Å²) in [5.74, 6) is 0.0445. The number of fused-ring (bicyclic) bond motifs is 3. The van der Waals surface area contributed by atoms with Gasteiger partial charge >= 0.3 is 5.97 Å². The maximum absolute atomic E-state index is 13.4. The standard InChI is InChI=1S/C25H27N5O4S/c1-4-16-12-17(19(5-2)25(31)32)13-20(16)23-28-27-22-14-26-24-21(30(22)23)10-11-29(24)35(33,34)18-8-6-15(3)7-9-18/h6-11,14,16,20H,4-5,12-13H2,1-3H3,(H,31,32)/b19-17+/t16-,20+/m1/s1. The van der Waals surface area contributed by atoms with Crippen molar-refractivity contribution in [1.82, 2.24) is 23.6 Å². The molecular weight excluding hydrogens is 466 g/mol. The van der Waals surface area contributed by atoms with E-state index in [1.165, 1.54) is 16.4 Å². The second kappa shape index (κ2) is 8.60. The van der Waals surface area contributed by atoms with Crippen LogP contribution in [-0.2, 0) is 14.8 Å². The molecule has 1 aliphatic rings. The Bertz CT molecular complexity index is 1580. The number of allylic oxidation sites excluding steroid dienone is 1. The van der Waals surface area contributed by atoms with Crippen molar-refractivity contribution in [2.24, 2.45) is 5.92 Å². The molecule has 0 amide bonds. The monoisotopic (exact) mass is 493 g/mol. The second-order valence-electron chi connectivity index (χ2n) is 9.07. The lowest BCUT2D eigenvalue weighted by molar-refractivity contribution is -0.132. The number of hydrogen-bond acceptors (Lipinski definition) is 6. The Morgan fingerprint density at radius 2 is 1.86 bits per heavy atom. The molecule has 1 aliphatic carbocycles. The summed E-state index contributed by atoms with van der Waals surface area (Å²) in [6.45, 7) is 5.86. The van der Waals surface area contributed by atoms with Crippen molar-refractivity contribution in [1.29, 1.82) is 0 Å². The Morgan fingerprint density at radius 1 is 1.11 bits per heavy atom. The van der Waals surface area contributed by atoms with Gasteiger partial charge in [0, 0.05) is 17.7 Å². The fraction of sp³-hybridized carbons (Fsp3) is 0.360. The van der Waals surface area contributed by atoms with Crippen molar-refractivity contribution < 1.29 is 18.3 Å². The summed E-state index contributed by atoms with van der Waals surface area (Å²) in [5, 5.41) is 18.4. The number of rotatable bonds is 6. The van der Waals surface area contributed by atoms with Crippen molar-refractivity contribution >= 4 is 32.8 Å². The molecule has 0 saturated heterocycles. The van der Waals surface area contributed by atoms with E-state index in [1.54, 1.807) is 30.3 Å². The predicted octanol–water partition coefficient (Wildman–Crippen LogP) is 4.32. The maximum Gasteiger partial charge on any atom is 0.331 e. The topological polar surface area (TPSA) is 119 Å². The zero-order valence-electron chi connectivity index (χ0n) is 19.8. The number of benzene rings is 1. The third kappa shape index (κ3) is 3.72. The molecule has 0 aliphatic heterocycles. The molecule has 1 aromatic carbocycles. The molecule has 0 bridgehead atoms. The van der Waals surface area contributed by atoms with Crippen LogP contribution in [0.1, 0.15) is 56.8 Å². The lowest BCUT2D eigenvalue weighted by Gasteiger charge is -2.16. The minimum absolute atomic E-state index is 0.0199. The van der Waals surface area contributed by atoms with Gasteiger partial charge in [0.1, 0.15) is 5.82 Å². The molecule has 2 atom stereocenters. The van der Waals surface area contributed by atoms with E-state index in [0.717, 1.165) is 17.6 Å². The molecule has 1 N–H and O–H groups in total. The second-order valence-corrected chi connectivity index (χ2v) is 10.9. The van der Waals surface area contributed by atoms with Gasteiger partial charge in [-0.2, -0.15) is 0 Å². The summed E-state index contributed by atoms with van der Waals surface area (Å²) < 4.78 is 29.8. The fourth-order valence-electron chi connectivity index (χ4n) is 5.21. The highest BCUT2D eigenvalue weighted by atomic mass is 32.2. The molecule has 1 saturated carbocycles. The van der Waals surface area contributed by atoms with Gasteiger partial charge in [-0.25, -0.2) is 22.2 Å². The minimum Gasteiger partial charge on any atom is -0.478 e. The van der Waals surface area contributed by atoms with Gasteiger partial charge in [0.2, 0.25) is 0 Å². The van der Waals surface area contributed by atoms with E-state index in [0.29, 0.717) is 47.5 Å². The smallest absolute Gasteiger partial charge is 0.331 e. The van der Waals surface area contributed by atoms with Crippen molar-refractivity contribution in [2.45, 2.75) is 57.3 Å². The molecule has 10 heteroatoms. The number of hydrogen-bond donors (Lipinski definition) is 1. The van der Waals surface area contributed by atoms with Gasteiger partial charge < -0.3 is 5.11 Å². The first kappa shape index (κ1) is 23.2. The zero-order chi connectivity index (χ0) is 24.9. The normalized spacial score (nSPS) is 20.1. The van der Waals surface area contributed by atoms with Crippen LogP contribution < -0.4 is 0 Å². The SMILES string of the molecule is CC/C(C(=O)O)=C1/C[C@@H](CC)[C@@H](c2nnc3cnc4c(ccn4S(=O)(=O)c4ccc(C)cc4)n23)C1. The molecule has 35 heavy (non-hydrogen) atoms. The number of nitrogens with zero attached hydrogens (tertiary/aromatic N) is 5. The summed E-state index contributed by atoms with van der Waals surface area (Å²) in [6.07, 6.45) is 5.69. The van der Waals surface area contributed by atoms with Crippen molar-refractivity contribution in [3.05, 3.63) is 65.3 Å². The van der Waals surface area contributed by atoms with Crippen molar-refractivity contribution in [3.63, 3.8) is 0 Å². The molecule has 9 nitrogen and oxygen atoms in total. The van der Waals surface area contributed by atoms with Crippen molar-refractivity contribution in [3.8, 4) is 0 Å². The van der Waals surface area contributed by atoms with Gasteiger partial charge in [-0.1, -0.05) is 43.5 Å². The quantitative estimate of drug-likeness (QED) is 0.397. The van der Waals surface area contributed by atoms with Gasteiger partial charge in [0.25, 0.3) is 10.0 Å². The Labute approximate surface area is 203 Å². The van der Waals surface area contributed by atoms with Crippen LogP contribution in [-0.4, -0.2) is 43.0 Å². The van der Waals surface area contributed by atoms with Crippen LogP contribution in [0.25, 0.3) is 16.8 Å². The predicted molar refractivity (Wildman–Crippen MR) is 131 cm³/mol. The molecule has 0 unspecified atom stereocenters. The van der Waals surface area contributed by atoms with Crippen LogP contribution in [0.15, 0.2) is 58.8 Å². The first-order chi connectivity index (χ1) is 16.8. The molecular formula is C25H27N5O4S. The lowest BCUT2D eigenvalue weighted by Crippen LogP contribution is -2.13. The highest BCUT2D eigenvalue weighted by Crippen LogP contribution is 2.45. The molecule has 0 spiro atoms. The van der Waals surface area contributed by atoms with Crippen LogP contribution in [0.3, 0.4) is 0 Å². The Balaban J connectivity index is 1.65. The van der Waals surface area contributed by atoms with E-state index in [-0.39, 0.29) is 16.7 Å². The van der Waals surface area contributed by atoms with Crippen molar-refractivity contribution in [2.75, 3.05) is 0 Å². The number of carboxylic acids is 1. The Kier molecular flexibility index (Phi) is 5.71. The average molecular weight is 494 g/mol. The maximum atomic E-state index is 13.4. The van der Waals surface area contributed by atoms with Gasteiger partial charge in [0.15, 0.2) is 11.3 Å². The van der Waals surface area contributed by atoms with Gasteiger partial charge in [-0.05, 0) is 50.3 Å². The van der Waals surface area contributed by atoms with Crippen LogP contribution in [0.4, 0.5) is 0 Å². The van der Waals surface area contributed by atoms with Gasteiger partial charge in [-0.15, -0.1) is 10.2 Å². The lowest BCUT2D eigenvalue weighted by atomic mass is 9.93. The number of aliphatic carboxylic acids is 1. The number of carboxylic acid groups (broad SMARTS) is 1. The number of aryl methyl sites for hydroxylation is 1. The average Bonchev–Trinajstić information content (AvgIpc) is 3.55. The molecule has 4 aromatic rings. The van der Waals surface area contributed by atoms with E-state index in [2.05, 4.69) is 22.1 Å². The van der Waals surface area contributed by atoms with Crippen LogP contribution in [0, 0.1) is 12.8 Å². The largest absolute Gasteiger partial charge is 0.478 e. The molecule has 5 rings (SSSR count). The Morgan fingerprint density at radius 3 is 2.51 bits per heavy atom. The fourth-order valence-corrected chi connectivity index (χ4v) is 6.51. The molecule has 3 heterocycles. The zero-order valence-corrected chi connectivity index (χ0v) is 20.7. The first-order valence-electron chi connectivity index (χ1n) is 11.7. The molecule has 1 fully saturated rings. The third-order valence-electron chi connectivity index (χ3n) is 7.08. The summed E-state index contributed by atoms with van der Waals surface area (Å²) in [5.41, 5.74) is 3.82. The summed E-state index contributed by atoms with van der Waals surface area (Å²) >= 11 is 0. The van der Waals surface area contributed by atoms with E-state index in [4.69, 9.17) is 0 Å². The third-order valence-corrected chi connectivity index (χ3v) is 8.76. The van der Waals surface area contributed by atoms with E-state index < -0.39 is 16.0 Å². The highest BCUT2D eigenvalue weighted by Gasteiger charge is 2.36. The molecule has 0 radical (unpaired) electrons. The van der Waals surface area contributed by atoms with E-state index >= 15 is 0 Å². The minimum atomic E-state index is -3.84. The Hall–Kier alpha value is -3.53. The molecule has 182 valence electrons.